The van der Waals surface area contributed by atoms with Crippen LogP contribution in [0.2, 0.25) is 0 Å². The summed E-state index contributed by atoms with van der Waals surface area (Å²) in [5, 5.41) is 0. The van der Waals surface area contributed by atoms with Crippen LogP contribution >= 0.6 is 0 Å². The second kappa shape index (κ2) is 4.06. The van der Waals surface area contributed by atoms with Gasteiger partial charge >= 0.3 is 5.97 Å². The Bertz CT molecular complexity index is 356. The molecule has 2 unspecified atom stereocenters. The number of allylic oxidation sites excluding steroid dienone is 1. The van der Waals surface area contributed by atoms with E-state index in [0.29, 0.717) is 18.1 Å². The maximum atomic E-state index is 11.5. The van der Waals surface area contributed by atoms with E-state index in [9.17, 15) is 4.79 Å². The standard InChI is InChI=1S/C13H18O3/c1-4-16-12(14)10-5-6-13(9(2)15-3)8-11(13)7-10/h5-7,9,11H,4,8H2,1-3H3/t9?,11-,13?/m0/s1. The van der Waals surface area contributed by atoms with E-state index >= 15 is 0 Å². The lowest BCUT2D eigenvalue weighted by molar-refractivity contribution is -0.138. The Labute approximate surface area is 96.1 Å². The molecule has 0 heterocycles. The monoisotopic (exact) mass is 222 g/mol. The highest BCUT2D eigenvalue weighted by Gasteiger charge is 2.56. The number of fused-ring (bicyclic) bond motifs is 1. The first-order valence-corrected chi connectivity index (χ1v) is 5.75. The quantitative estimate of drug-likeness (QED) is 0.683. The van der Waals surface area contributed by atoms with E-state index in [0.717, 1.165) is 6.42 Å². The van der Waals surface area contributed by atoms with Gasteiger partial charge in [-0.25, -0.2) is 4.79 Å². The van der Waals surface area contributed by atoms with Crippen molar-refractivity contribution in [1.82, 2.24) is 0 Å². The number of ether oxygens (including phenoxy) is 2. The molecule has 3 heteroatoms. The third-order valence-electron chi connectivity index (χ3n) is 3.68. The highest BCUT2D eigenvalue weighted by atomic mass is 16.5. The maximum absolute atomic E-state index is 11.5. The fourth-order valence-electron chi connectivity index (χ4n) is 2.42. The second-order valence-corrected chi connectivity index (χ2v) is 4.48. The molecule has 88 valence electrons. The van der Waals surface area contributed by atoms with Gasteiger partial charge in [0.1, 0.15) is 0 Å². The number of esters is 1. The van der Waals surface area contributed by atoms with Crippen molar-refractivity contribution in [2.24, 2.45) is 11.3 Å². The molecule has 0 aromatic carbocycles. The van der Waals surface area contributed by atoms with E-state index in [1.54, 1.807) is 7.11 Å². The van der Waals surface area contributed by atoms with Gasteiger partial charge in [-0.2, -0.15) is 0 Å². The van der Waals surface area contributed by atoms with Crippen molar-refractivity contribution in [3.63, 3.8) is 0 Å². The van der Waals surface area contributed by atoms with E-state index in [2.05, 4.69) is 13.0 Å². The molecule has 1 saturated carbocycles. The molecular weight excluding hydrogens is 204 g/mol. The van der Waals surface area contributed by atoms with E-state index in [1.165, 1.54) is 0 Å². The normalized spacial score (nSPS) is 32.7. The third-order valence-corrected chi connectivity index (χ3v) is 3.68. The van der Waals surface area contributed by atoms with Crippen LogP contribution in [-0.2, 0) is 14.3 Å². The minimum Gasteiger partial charge on any atom is -0.462 e. The molecule has 2 rings (SSSR count). The first kappa shape index (κ1) is 11.4. The smallest absolute Gasteiger partial charge is 0.337 e. The van der Waals surface area contributed by atoms with Gasteiger partial charge in [0, 0.05) is 12.5 Å². The molecule has 16 heavy (non-hydrogen) atoms. The van der Waals surface area contributed by atoms with Crippen molar-refractivity contribution in [1.29, 1.82) is 0 Å². The molecule has 0 aromatic heterocycles. The number of methoxy groups -OCH3 is 1. The minimum absolute atomic E-state index is 0.130. The molecule has 0 saturated heterocycles. The topological polar surface area (TPSA) is 35.5 Å². The van der Waals surface area contributed by atoms with Crippen molar-refractivity contribution < 1.29 is 14.3 Å². The van der Waals surface area contributed by atoms with Crippen LogP contribution in [0, 0.1) is 11.3 Å². The average Bonchev–Trinajstić information content (AvgIpc) is 3.02. The summed E-state index contributed by atoms with van der Waals surface area (Å²) in [4.78, 5) is 11.5. The molecule has 3 atom stereocenters. The van der Waals surface area contributed by atoms with Crippen LogP contribution in [0.1, 0.15) is 20.3 Å². The number of rotatable bonds is 4. The van der Waals surface area contributed by atoms with Gasteiger partial charge in [-0.15, -0.1) is 0 Å². The molecule has 0 aromatic rings. The summed E-state index contributed by atoms with van der Waals surface area (Å²) in [6.07, 6.45) is 7.28. The van der Waals surface area contributed by atoms with Crippen molar-refractivity contribution in [2.75, 3.05) is 13.7 Å². The minimum atomic E-state index is -0.218. The summed E-state index contributed by atoms with van der Waals surface area (Å²) in [6.45, 7) is 4.32. The van der Waals surface area contributed by atoms with Crippen LogP contribution in [-0.4, -0.2) is 25.8 Å². The third kappa shape index (κ3) is 1.69. The summed E-state index contributed by atoms with van der Waals surface area (Å²) in [6, 6.07) is 0. The first-order valence-electron chi connectivity index (χ1n) is 5.75. The Balaban J connectivity index is 2.07. The molecule has 0 amide bonds. The number of hydrogen-bond donors (Lipinski definition) is 0. The molecule has 3 nitrogen and oxygen atoms in total. The second-order valence-electron chi connectivity index (χ2n) is 4.48. The van der Waals surface area contributed by atoms with Crippen molar-refractivity contribution in [3.8, 4) is 0 Å². The van der Waals surface area contributed by atoms with Gasteiger partial charge in [-0.05, 0) is 26.2 Å². The Kier molecular flexibility index (Phi) is 2.89. The van der Waals surface area contributed by atoms with Gasteiger partial charge in [-0.1, -0.05) is 18.2 Å². The lowest BCUT2D eigenvalue weighted by Gasteiger charge is -2.22. The van der Waals surface area contributed by atoms with Crippen LogP contribution in [0.15, 0.2) is 23.8 Å². The predicted molar refractivity (Wildman–Crippen MR) is 60.9 cm³/mol. The zero-order chi connectivity index (χ0) is 11.8. The van der Waals surface area contributed by atoms with Gasteiger partial charge in [0.25, 0.3) is 0 Å². The predicted octanol–water partition coefficient (Wildman–Crippen LogP) is 2.09. The Hall–Kier alpha value is -1.09. The number of carbonyl (C=O) groups excluding carboxylic acids is 1. The number of hydrogen-bond acceptors (Lipinski definition) is 3. The summed E-state index contributed by atoms with van der Waals surface area (Å²) < 4.78 is 10.4. The van der Waals surface area contributed by atoms with Crippen LogP contribution in [0.5, 0.6) is 0 Å². The van der Waals surface area contributed by atoms with Crippen molar-refractivity contribution >= 4 is 5.97 Å². The van der Waals surface area contributed by atoms with Crippen LogP contribution in [0.3, 0.4) is 0 Å². The van der Waals surface area contributed by atoms with Gasteiger partial charge in [0.2, 0.25) is 0 Å². The Morgan fingerprint density at radius 1 is 1.69 bits per heavy atom. The fourth-order valence-corrected chi connectivity index (χ4v) is 2.42. The van der Waals surface area contributed by atoms with Gasteiger partial charge in [0.15, 0.2) is 0 Å². The molecule has 0 bridgehead atoms. The number of carbonyl (C=O) groups is 1. The summed E-state index contributed by atoms with van der Waals surface area (Å²) in [5.74, 6) is 0.219. The summed E-state index contributed by atoms with van der Waals surface area (Å²) >= 11 is 0. The molecule has 0 N–H and O–H groups in total. The SMILES string of the molecule is CCOC(=O)C1=C[C@H]2CC2(C(C)OC)C=C1. The molecule has 0 spiro atoms. The van der Waals surface area contributed by atoms with Crippen LogP contribution < -0.4 is 0 Å². The lowest BCUT2D eigenvalue weighted by atomic mass is 9.91. The van der Waals surface area contributed by atoms with Crippen LogP contribution in [0.4, 0.5) is 0 Å². The fraction of sp³-hybridized carbons (Fsp3) is 0.615. The molecule has 0 aliphatic heterocycles. The highest BCUT2D eigenvalue weighted by Crippen LogP contribution is 2.60. The highest BCUT2D eigenvalue weighted by molar-refractivity contribution is 5.92. The molecule has 2 aliphatic carbocycles. The molecule has 1 fully saturated rings. The van der Waals surface area contributed by atoms with E-state index in [4.69, 9.17) is 9.47 Å². The van der Waals surface area contributed by atoms with Crippen molar-refractivity contribution in [2.45, 2.75) is 26.4 Å². The largest absolute Gasteiger partial charge is 0.462 e. The Morgan fingerprint density at radius 3 is 3.00 bits per heavy atom. The average molecular weight is 222 g/mol. The van der Waals surface area contributed by atoms with Crippen molar-refractivity contribution in [3.05, 3.63) is 23.8 Å². The molecular formula is C13H18O3. The first-order chi connectivity index (χ1) is 7.64. The van der Waals surface area contributed by atoms with Gasteiger partial charge < -0.3 is 9.47 Å². The molecule has 0 radical (unpaired) electrons. The zero-order valence-electron chi connectivity index (χ0n) is 10.0. The van der Waals surface area contributed by atoms with Gasteiger partial charge in [-0.3, -0.25) is 0 Å². The maximum Gasteiger partial charge on any atom is 0.337 e. The summed E-state index contributed by atoms with van der Waals surface area (Å²) in [7, 11) is 1.73. The molecule has 2 aliphatic rings. The van der Waals surface area contributed by atoms with Gasteiger partial charge in [0.05, 0.1) is 18.3 Å². The lowest BCUT2D eigenvalue weighted by Crippen LogP contribution is -2.22. The van der Waals surface area contributed by atoms with Crippen LogP contribution in [0.25, 0.3) is 0 Å². The van der Waals surface area contributed by atoms with E-state index in [1.807, 2.05) is 19.1 Å². The summed E-state index contributed by atoms with van der Waals surface area (Å²) in [5.41, 5.74) is 0.813. The van der Waals surface area contributed by atoms with E-state index < -0.39 is 0 Å². The zero-order valence-corrected chi connectivity index (χ0v) is 10.0. The van der Waals surface area contributed by atoms with E-state index in [-0.39, 0.29) is 17.5 Å². The Morgan fingerprint density at radius 2 is 2.44 bits per heavy atom.